The first-order valence-electron chi connectivity index (χ1n) is 7.96. The molecular weight excluding hydrogens is 309 g/mol. The van der Waals surface area contributed by atoms with Crippen molar-refractivity contribution in [2.24, 2.45) is 5.41 Å². The molecule has 0 spiro atoms. The van der Waals surface area contributed by atoms with Crippen molar-refractivity contribution in [2.45, 2.75) is 39.7 Å². The van der Waals surface area contributed by atoms with E-state index in [4.69, 9.17) is 0 Å². The number of amides is 1. The van der Waals surface area contributed by atoms with E-state index in [1.165, 1.54) is 22.6 Å². The minimum absolute atomic E-state index is 0.0423. The van der Waals surface area contributed by atoms with Crippen molar-refractivity contribution in [1.82, 2.24) is 4.90 Å². The normalized spacial score (nSPS) is 17.9. The van der Waals surface area contributed by atoms with Crippen LogP contribution in [0.5, 0.6) is 0 Å². The van der Waals surface area contributed by atoms with E-state index in [9.17, 15) is 9.18 Å². The molecule has 0 saturated carbocycles. The van der Waals surface area contributed by atoms with Crippen LogP contribution in [0.1, 0.15) is 49.2 Å². The lowest BCUT2D eigenvalue weighted by Crippen LogP contribution is -2.41. The van der Waals surface area contributed by atoms with Gasteiger partial charge < -0.3 is 4.90 Å². The number of thiophene rings is 1. The topological polar surface area (TPSA) is 20.3 Å². The minimum Gasteiger partial charge on any atom is -0.331 e. The summed E-state index contributed by atoms with van der Waals surface area (Å²) >= 11 is 1.74. The molecule has 2 heterocycles. The van der Waals surface area contributed by atoms with Crippen LogP contribution < -0.4 is 0 Å². The maximum absolute atomic E-state index is 13.3. The predicted octanol–water partition coefficient (Wildman–Crippen LogP) is 4.80. The number of hydrogen-bond donors (Lipinski definition) is 0. The third-order valence-corrected chi connectivity index (χ3v) is 5.15. The second-order valence-electron chi connectivity index (χ2n) is 7.33. The zero-order valence-electron chi connectivity index (χ0n) is 13.8. The SMILES string of the molecule is CC(C)(C)CC(=O)N1CCc2sccc2C1c1ccc(F)cc1. The molecule has 0 saturated heterocycles. The fraction of sp³-hybridized carbons (Fsp3) is 0.421. The molecule has 0 fully saturated rings. The summed E-state index contributed by atoms with van der Waals surface area (Å²) in [6, 6.07) is 8.55. The summed E-state index contributed by atoms with van der Waals surface area (Å²) in [7, 11) is 0. The summed E-state index contributed by atoms with van der Waals surface area (Å²) in [6.07, 6.45) is 1.42. The molecule has 1 aromatic carbocycles. The molecule has 0 N–H and O–H groups in total. The second kappa shape index (κ2) is 6.08. The van der Waals surface area contributed by atoms with Gasteiger partial charge in [-0.25, -0.2) is 4.39 Å². The molecule has 1 aliphatic rings. The van der Waals surface area contributed by atoms with Crippen LogP contribution >= 0.6 is 11.3 Å². The van der Waals surface area contributed by atoms with Gasteiger partial charge in [-0.05, 0) is 46.5 Å². The minimum atomic E-state index is -0.248. The van der Waals surface area contributed by atoms with Crippen LogP contribution in [-0.4, -0.2) is 17.4 Å². The number of hydrogen-bond acceptors (Lipinski definition) is 2. The molecule has 122 valence electrons. The fourth-order valence-corrected chi connectivity index (χ4v) is 4.05. The first-order valence-corrected chi connectivity index (χ1v) is 8.84. The van der Waals surface area contributed by atoms with Gasteiger partial charge in [0.05, 0.1) is 6.04 Å². The Balaban J connectivity index is 1.98. The summed E-state index contributed by atoms with van der Waals surface area (Å²) in [6.45, 7) is 6.97. The van der Waals surface area contributed by atoms with E-state index in [1.54, 1.807) is 23.5 Å². The lowest BCUT2D eigenvalue weighted by atomic mass is 9.88. The van der Waals surface area contributed by atoms with Crippen LogP contribution in [0.15, 0.2) is 35.7 Å². The van der Waals surface area contributed by atoms with E-state index in [0.717, 1.165) is 18.5 Å². The zero-order chi connectivity index (χ0) is 16.6. The number of halogens is 1. The van der Waals surface area contributed by atoms with E-state index < -0.39 is 0 Å². The van der Waals surface area contributed by atoms with E-state index in [0.29, 0.717) is 6.42 Å². The molecule has 1 aromatic heterocycles. The van der Waals surface area contributed by atoms with E-state index in [1.807, 2.05) is 4.90 Å². The van der Waals surface area contributed by atoms with Crippen molar-refractivity contribution in [2.75, 3.05) is 6.54 Å². The molecule has 23 heavy (non-hydrogen) atoms. The molecular formula is C19H22FNOS. The number of carbonyl (C=O) groups is 1. The Morgan fingerprint density at radius 2 is 1.96 bits per heavy atom. The maximum Gasteiger partial charge on any atom is 0.223 e. The summed E-state index contributed by atoms with van der Waals surface area (Å²) in [5.41, 5.74) is 2.13. The van der Waals surface area contributed by atoms with Gasteiger partial charge in [-0.2, -0.15) is 0 Å². The van der Waals surface area contributed by atoms with Gasteiger partial charge in [-0.15, -0.1) is 11.3 Å². The molecule has 1 amide bonds. The lowest BCUT2D eigenvalue weighted by Gasteiger charge is -2.37. The largest absolute Gasteiger partial charge is 0.331 e. The molecule has 1 atom stereocenters. The summed E-state index contributed by atoms with van der Waals surface area (Å²) in [4.78, 5) is 16.1. The first-order chi connectivity index (χ1) is 10.8. The van der Waals surface area contributed by atoms with E-state index in [2.05, 4.69) is 32.2 Å². The zero-order valence-corrected chi connectivity index (χ0v) is 14.6. The fourth-order valence-electron chi connectivity index (χ4n) is 3.14. The Hall–Kier alpha value is -1.68. The molecule has 0 aliphatic carbocycles. The van der Waals surface area contributed by atoms with Gasteiger partial charge in [0.15, 0.2) is 0 Å². The van der Waals surface area contributed by atoms with Crippen molar-refractivity contribution in [3.8, 4) is 0 Å². The predicted molar refractivity (Wildman–Crippen MR) is 92.1 cm³/mol. The van der Waals surface area contributed by atoms with Gasteiger partial charge >= 0.3 is 0 Å². The van der Waals surface area contributed by atoms with Crippen molar-refractivity contribution in [3.05, 3.63) is 57.5 Å². The Kier molecular flexibility index (Phi) is 4.28. The highest BCUT2D eigenvalue weighted by Crippen LogP contribution is 2.38. The Bertz CT molecular complexity index is 699. The van der Waals surface area contributed by atoms with Crippen molar-refractivity contribution >= 4 is 17.2 Å². The number of benzene rings is 1. The highest BCUT2D eigenvalue weighted by Gasteiger charge is 2.34. The van der Waals surface area contributed by atoms with Gasteiger partial charge in [-0.1, -0.05) is 32.9 Å². The third kappa shape index (κ3) is 3.47. The maximum atomic E-state index is 13.3. The molecule has 4 heteroatoms. The van der Waals surface area contributed by atoms with Crippen LogP contribution in [0.3, 0.4) is 0 Å². The Morgan fingerprint density at radius 1 is 1.26 bits per heavy atom. The van der Waals surface area contributed by atoms with Crippen LogP contribution in [0, 0.1) is 11.2 Å². The molecule has 1 aliphatic heterocycles. The van der Waals surface area contributed by atoms with Crippen LogP contribution in [-0.2, 0) is 11.2 Å². The van der Waals surface area contributed by atoms with Crippen LogP contribution in [0.2, 0.25) is 0 Å². The molecule has 2 aromatic rings. The molecule has 0 radical (unpaired) electrons. The Morgan fingerprint density at radius 3 is 2.61 bits per heavy atom. The summed E-state index contributed by atoms with van der Waals surface area (Å²) in [5, 5.41) is 2.08. The van der Waals surface area contributed by atoms with Gasteiger partial charge in [0.2, 0.25) is 5.91 Å². The second-order valence-corrected chi connectivity index (χ2v) is 8.33. The van der Waals surface area contributed by atoms with Crippen LogP contribution in [0.4, 0.5) is 4.39 Å². The van der Waals surface area contributed by atoms with Gasteiger partial charge in [0.25, 0.3) is 0 Å². The van der Waals surface area contributed by atoms with E-state index >= 15 is 0 Å². The number of carbonyl (C=O) groups excluding carboxylic acids is 1. The van der Waals surface area contributed by atoms with Gasteiger partial charge in [0.1, 0.15) is 5.82 Å². The quantitative estimate of drug-likeness (QED) is 0.774. The first kappa shape index (κ1) is 16.2. The molecule has 3 rings (SSSR count). The van der Waals surface area contributed by atoms with Crippen LogP contribution in [0.25, 0.3) is 0 Å². The average Bonchev–Trinajstić information content (AvgIpc) is 2.93. The third-order valence-electron chi connectivity index (χ3n) is 4.15. The number of rotatable bonds is 2. The van der Waals surface area contributed by atoms with Crippen molar-refractivity contribution < 1.29 is 9.18 Å². The summed E-state index contributed by atoms with van der Waals surface area (Å²) in [5.74, 6) is -0.0775. The Labute approximate surface area is 140 Å². The monoisotopic (exact) mass is 331 g/mol. The highest BCUT2D eigenvalue weighted by molar-refractivity contribution is 7.10. The molecule has 2 nitrogen and oxygen atoms in total. The van der Waals surface area contributed by atoms with Crippen molar-refractivity contribution in [1.29, 1.82) is 0 Å². The number of fused-ring (bicyclic) bond motifs is 1. The smallest absolute Gasteiger partial charge is 0.223 e. The summed E-state index contributed by atoms with van der Waals surface area (Å²) < 4.78 is 13.3. The number of nitrogens with zero attached hydrogens (tertiary/aromatic N) is 1. The lowest BCUT2D eigenvalue weighted by molar-refractivity contribution is -0.135. The van der Waals surface area contributed by atoms with Crippen molar-refractivity contribution in [3.63, 3.8) is 0 Å². The molecule has 0 bridgehead atoms. The molecule has 1 unspecified atom stereocenters. The van der Waals surface area contributed by atoms with E-state index in [-0.39, 0.29) is 23.2 Å². The standard InChI is InChI=1S/C19H22FNOS/c1-19(2,3)12-17(22)21-10-8-16-15(9-11-23-16)18(21)13-4-6-14(20)7-5-13/h4-7,9,11,18H,8,10,12H2,1-3H3. The van der Waals surface area contributed by atoms with Gasteiger partial charge in [-0.3, -0.25) is 4.79 Å². The average molecular weight is 331 g/mol. The highest BCUT2D eigenvalue weighted by atomic mass is 32.1. The van der Waals surface area contributed by atoms with Gasteiger partial charge in [0, 0.05) is 17.8 Å².